The molecule has 0 rings (SSSR count). The van der Waals surface area contributed by atoms with Gasteiger partial charge in [-0.15, -0.1) is 0 Å². The lowest BCUT2D eigenvalue weighted by Gasteiger charge is -2.03. The zero-order valence-electron chi connectivity index (χ0n) is 9.21. The third kappa shape index (κ3) is 10.8. The van der Waals surface area contributed by atoms with Crippen LogP contribution in [-0.2, 0) is 9.59 Å². The lowest BCUT2D eigenvalue weighted by molar-refractivity contribution is -0.137. The Hall–Kier alpha value is -1.10. The van der Waals surface area contributed by atoms with Crippen LogP contribution < -0.4 is 10.6 Å². The SMILES string of the molecule is CNCC(=O)NCCCCCCC(=O)O. The van der Waals surface area contributed by atoms with Crippen molar-refractivity contribution in [1.29, 1.82) is 0 Å². The van der Waals surface area contributed by atoms with Crippen LogP contribution in [0.15, 0.2) is 0 Å². The highest BCUT2D eigenvalue weighted by molar-refractivity contribution is 5.77. The summed E-state index contributed by atoms with van der Waals surface area (Å²) in [4.78, 5) is 21.2. The average Bonchev–Trinajstić information content (AvgIpc) is 2.16. The molecule has 0 bridgehead atoms. The molecule has 0 fully saturated rings. The molecule has 0 aliphatic rings. The quantitative estimate of drug-likeness (QED) is 0.486. The molecule has 0 aromatic heterocycles. The number of hydrogen-bond donors (Lipinski definition) is 3. The summed E-state index contributed by atoms with van der Waals surface area (Å²) < 4.78 is 0. The highest BCUT2D eigenvalue weighted by Gasteiger charge is 1.98. The van der Waals surface area contributed by atoms with Gasteiger partial charge in [-0.05, 0) is 19.9 Å². The summed E-state index contributed by atoms with van der Waals surface area (Å²) in [6, 6.07) is 0. The number of carbonyl (C=O) groups excluding carboxylic acids is 1. The van der Waals surface area contributed by atoms with Gasteiger partial charge in [0.25, 0.3) is 0 Å². The fourth-order valence-corrected chi connectivity index (χ4v) is 1.21. The van der Waals surface area contributed by atoms with Crippen LogP contribution in [0.1, 0.15) is 32.1 Å². The minimum absolute atomic E-state index is 0.00281. The van der Waals surface area contributed by atoms with E-state index in [2.05, 4.69) is 10.6 Å². The maximum absolute atomic E-state index is 11.0. The molecule has 0 aliphatic carbocycles. The van der Waals surface area contributed by atoms with Gasteiger partial charge in [0.1, 0.15) is 0 Å². The molecule has 0 heterocycles. The fraction of sp³-hybridized carbons (Fsp3) is 0.800. The summed E-state index contributed by atoms with van der Waals surface area (Å²) in [7, 11) is 1.73. The van der Waals surface area contributed by atoms with Crippen LogP contribution in [0.2, 0.25) is 0 Å². The number of carbonyl (C=O) groups is 2. The summed E-state index contributed by atoms with van der Waals surface area (Å²) >= 11 is 0. The molecule has 1 amide bonds. The van der Waals surface area contributed by atoms with E-state index < -0.39 is 5.97 Å². The number of amides is 1. The first-order valence-corrected chi connectivity index (χ1v) is 5.30. The van der Waals surface area contributed by atoms with Crippen LogP contribution in [0.3, 0.4) is 0 Å². The van der Waals surface area contributed by atoms with E-state index in [1.165, 1.54) is 0 Å². The second kappa shape index (κ2) is 9.45. The second-order valence-electron chi connectivity index (χ2n) is 3.44. The average molecular weight is 216 g/mol. The third-order valence-corrected chi connectivity index (χ3v) is 1.98. The van der Waals surface area contributed by atoms with Crippen LogP contribution in [0.4, 0.5) is 0 Å². The first kappa shape index (κ1) is 13.9. The zero-order chi connectivity index (χ0) is 11.5. The summed E-state index contributed by atoms with van der Waals surface area (Å²) in [6.45, 7) is 1.02. The molecule has 5 heteroatoms. The van der Waals surface area contributed by atoms with Crippen LogP contribution in [0.5, 0.6) is 0 Å². The van der Waals surface area contributed by atoms with Gasteiger partial charge in [0, 0.05) is 13.0 Å². The van der Waals surface area contributed by atoms with Gasteiger partial charge in [0.15, 0.2) is 0 Å². The van der Waals surface area contributed by atoms with E-state index in [0.29, 0.717) is 13.1 Å². The van der Waals surface area contributed by atoms with Gasteiger partial charge in [-0.25, -0.2) is 0 Å². The number of nitrogens with one attached hydrogen (secondary N) is 2. The summed E-state index contributed by atoms with van der Waals surface area (Å²) in [5, 5.41) is 13.9. The number of hydrogen-bond acceptors (Lipinski definition) is 3. The molecule has 0 spiro atoms. The van der Waals surface area contributed by atoms with E-state index in [1.54, 1.807) is 7.05 Å². The second-order valence-corrected chi connectivity index (χ2v) is 3.44. The Bertz CT molecular complexity index is 195. The van der Waals surface area contributed by atoms with Crippen molar-refractivity contribution in [2.45, 2.75) is 32.1 Å². The third-order valence-electron chi connectivity index (χ3n) is 1.98. The standard InChI is InChI=1S/C10H20N2O3/c1-11-8-9(13)12-7-5-3-2-4-6-10(14)15/h11H,2-8H2,1H3,(H,12,13)(H,14,15). The maximum Gasteiger partial charge on any atom is 0.303 e. The lowest BCUT2D eigenvalue weighted by Crippen LogP contribution is -2.32. The van der Waals surface area contributed by atoms with Crippen molar-refractivity contribution in [3.8, 4) is 0 Å². The Morgan fingerprint density at radius 2 is 1.80 bits per heavy atom. The highest BCUT2D eigenvalue weighted by atomic mass is 16.4. The molecular weight excluding hydrogens is 196 g/mol. The lowest BCUT2D eigenvalue weighted by atomic mass is 10.1. The number of aliphatic carboxylic acids is 1. The summed E-state index contributed by atoms with van der Waals surface area (Å²) in [5.74, 6) is -0.736. The molecule has 88 valence electrons. The van der Waals surface area contributed by atoms with E-state index in [1.807, 2.05) is 0 Å². The number of unbranched alkanes of at least 4 members (excludes halogenated alkanes) is 3. The van der Waals surface area contributed by atoms with E-state index in [-0.39, 0.29) is 12.3 Å². The Morgan fingerprint density at radius 3 is 2.40 bits per heavy atom. The predicted molar refractivity (Wildman–Crippen MR) is 57.7 cm³/mol. The van der Waals surface area contributed by atoms with Crippen molar-refractivity contribution in [3.05, 3.63) is 0 Å². The van der Waals surface area contributed by atoms with Crippen molar-refractivity contribution >= 4 is 11.9 Å². The van der Waals surface area contributed by atoms with Crippen LogP contribution in [0, 0.1) is 0 Å². The molecule has 0 aromatic carbocycles. The van der Waals surface area contributed by atoms with Crippen molar-refractivity contribution in [2.24, 2.45) is 0 Å². The van der Waals surface area contributed by atoms with Gasteiger partial charge in [-0.2, -0.15) is 0 Å². The normalized spacial score (nSPS) is 9.93. The topological polar surface area (TPSA) is 78.4 Å². The minimum atomic E-state index is -0.739. The number of carboxylic acids is 1. The van der Waals surface area contributed by atoms with Crippen LogP contribution >= 0.6 is 0 Å². The van der Waals surface area contributed by atoms with Gasteiger partial charge in [-0.1, -0.05) is 12.8 Å². The number of likely N-dealkylation sites (N-methyl/N-ethyl adjacent to an activating group) is 1. The first-order valence-electron chi connectivity index (χ1n) is 5.30. The Balaban J connectivity index is 3.11. The molecule has 0 saturated heterocycles. The van der Waals surface area contributed by atoms with Crippen molar-refractivity contribution in [2.75, 3.05) is 20.1 Å². The molecular formula is C10H20N2O3. The molecule has 5 nitrogen and oxygen atoms in total. The molecule has 0 radical (unpaired) electrons. The number of carboxylic acid groups (broad SMARTS) is 1. The van der Waals surface area contributed by atoms with Crippen LogP contribution in [-0.4, -0.2) is 37.1 Å². The fourth-order valence-electron chi connectivity index (χ4n) is 1.21. The van der Waals surface area contributed by atoms with Gasteiger partial charge in [0.2, 0.25) is 5.91 Å². The van der Waals surface area contributed by atoms with E-state index in [4.69, 9.17) is 5.11 Å². The zero-order valence-corrected chi connectivity index (χ0v) is 9.21. The Morgan fingerprint density at radius 1 is 1.13 bits per heavy atom. The minimum Gasteiger partial charge on any atom is -0.481 e. The molecule has 0 unspecified atom stereocenters. The molecule has 0 aliphatic heterocycles. The summed E-state index contributed by atoms with van der Waals surface area (Å²) in [5.41, 5.74) is 0. The smallest absolute Gasteiger partial charge is 0.303 e. The molecule has 0 aromatic rings. The molecule has 0 atom stereocenters. The van der Waals surface area contributed by atoms with E-state index >= 15 is 0 Å². The predicted octanol–water partition coefficient (Wildman–Crippen LogP) is 0.357. The molecule has 0 saturated carbocycles. The Labute approximate surface area is 90.2 Å². The van der Waals surface area contributed by atoms with Gasteiger partial charge >= 0.3 is 5.97 Å². The van der Waals surface area contributed by atoms with E-state index in [9.17, 15) is 9.59 Å². The maximum atomic E-state index is 11.0. The van der Waals surface area contributed by atoms with Gasteiger partial charge in [-0.3, -0.25) is 9.59 Å². The monoisotopic (exact) mass is 216 g/mol. The van der Waals surface area contributed by atoms with Gasteiger partial charge in [0.05, 0.1) is 6.54 Å². The van der Waals surface area contributed by atoms with Crippen molar-refractivity contribution in [1.82, 2.24) is 10.6 Å². The highest BCUT2D eigenvalue weighted by Crippen LogP contribution is 2.01. The number of rotatable bonds is 9. The van der Waals surface area contributed by atoms with Gasteiger partial charge < -0.3 is 15.7 Å². The largest absolute Gasteiger partial charge is 0.481 e. The van der Waals surface area contributed by atoms with Crippen molar-refractivity contribution in [3.63, 3.8) is 0 Å². The summed E-state index contributed by atoms with van der Waals surface area (Å²) in [6.07, 6.45) is 3.75. The molecule has 3 N–H and O–H groups in total. The van der Waals surface area contributed by atoms with Crippen molar-refractivity contribution < 1.29 is 14.7 Å². The first-order chi connectivity index (χ1) is 7.16. The van der Waals surface area contributed by atoms with E-state index in [0.717, 1.165) is 25.7 Å². The molecule has 15 heavy (non-hydrogen) atoms. The Kier molecular flexibility index (Phi) is 8.76. The van der Waals surface area contributed by atoms with Crippen LogP contribution in [0.25, 0.3) is 0 Å².